The fourth-order valence-corrected chi connectivity index (χ4v) is 4.54. The number of fused-ring (bicyclic) bond motifs is 1. The number of pyridine rings is 1. The molecule has 5 rings (SSSR count). The summed E-state index contributed by atoms with van der Waals surface area (Å²) in [6.45, 7) is 2.24. The summed E-state index contributed by atoms with van der Waals surface area (Å²) >= 11 is 0. The highest BCUT2D eigenvalue weighted by atomic mass is 19.4. The van der Waals surface area contributed by atoms with Crippen LogP contribution in [-0.4, -0.2) is 26.8 Å². The molecule has 180 valence electrons. The number of aromatic nitrogens is 3. The Morgan fingerprint density at radius 3 is 2.59 bits per heavy atom. The van der Waals surface area contributed by atoms with Crippen molar-refractivity contribution in [3.8, 4) is 5.75 Å². The lowest BCUT2D eigenvalue weighted by atomic mass is 9.85. The Labute approximate surface area is 195 Å². The van der Waals surface area contributed by atoms with Gasteiger partial charge in [-0.3, -0.25) is 9.48 Å². The molecule has 0 unspecified atom stereocenters. The van der Waals surface area contributed by atoms with Crippen LogP contribution >= 0.6 is 0 Å². The molecule has 9 heteroatoms. The van der Waals surface area contributed by atoms with E-state index in [1.807, 2.05) is 10.9 Å². The zero-order chi connectivity index (χ0) is 23.9. The second-order valence-corrected chi connectivity index (χ2v) is 9.28. The summed E-state index contributed by atoms with van der Waals surface area (Å²) in [6, 6.07) is 7.20. The highest BCUT2D eigenvalue weighted by Gasteiger charge is 2.33. The number of carbonyl (C=O) groups is 1. The number of hydrogen-bond acceptors (Lipinski definition) is 4. The van der Waals surface area contributed by atoms with Gasteiger partial charge in [0.1, 0.15) is 17.1 Å². The number of hydrogen-bond donors (Lipinski definition) is 1. The van der Waals surface area contributed by atoms with Crippen molar-refractivity contribution < 1.29 is 22.7 Å². The summed E-state index contributed by atoms with van der Waals surface area (Å²) < 4.78 is 47.1. The predicted molar refractivity (Wildman–Crippen MR) is 122 cm³/mol. The van der Waals surface area contributed by atoms with Gasteiger partial charge >= 0.3 is 6.18 Å². The van der Waals surface area contributed by atoms with Crippen LogP contribution in [0.15, 0.2) is 36.5 Å². The fraction of sp³-hybridized carbons (Fsp3) is 0.480. The van der Waals surface area contributed by atoms with E-state index >= 15 is 0 Å². The third kappa shape index (κ3) is 4.88. The highest BCUT2D eigenvalue weighted by molar-refractivity contribution is 6.05. The van der Waals surface area contributed by atoms with Crippen molar-refractivity contribution in [2.75, 3.05) is 5.32 Å². The third-order valence-electron chi connectivity index (χ3n) is 6.73. The number of halogens is 3. The van der Waals surface area contributed by atoms with Gasteiger partial charge < -0.3 is 10.1 Å². The number of amides is 1. The number of nitrogens with zero attached hydrogens (tertiary/aromatic N) is 3. The molecule has 6 nitrogen and oxygen atoms in total. The van der Waals surface area contributed by atoms with Crippen LogP contribution in [0.3, 0.4) is 0 Å². The van der Waals surface area contributed by atoms with E-state index in [-0.39, 0.29) is 11.8 Å². The third-order valence-corrected chi connectivity index (χ3v) is 6.73. The van der Waals surface area contributed by atoms with Gasteiger partial charge in [0.2, 0.25) is 0 Å². The summed E-state index contributed by atoms with van der Waals surface area (Å²) in [5.74, 6) is 0.526. The lowest BCUT2D eigenvalue weighted by Gasteiger charge is -2.27. The highest BCUT2D eigenvalue weighted by Crippen LogP contribution is 2.38. The molecule has 1 amide bonds. The first-order valence-electron chi connectivity index (χ1n) is 11.9. The van der Waals surface area contributed by atoms with Crippen molar-refractivity contribution in [1.29, 1.82) is 0 Å². The Hall–Kier alpha value is -3.10. The minimum absolute atomic E-state index is 0.0752. The van der Waals surface area contributed by atoms with E-state index < -0.39 is 17.8 Å². The molecule has 34 heavy (non-hydrogen) atoms. The Kier molecular flexibility index (Phi) is 5.95. The van der Waals surface area contributed by atoms with Crippen molar-refractivity contribution >= 4 is 22.5 Å². The lowest BCUT2D eigenvalue weighted by Crippen LogP contribution is -2.18. The molecule has 2 saturated carbocycles. The van der Waals surface area contributed by atoms with Crippen molar-refractivity contribution in [2.45, 2.75) is 70.2 Å². The van der Waals surface area contributed by atoms with Gasteiger partial charge in [0.25, 0.3) is 5.91 Å². The summed E-state index contributed by atoms with van der Waals surface area (Å²) in [4.78, 5) is 16.3. The largest absolute Gasteiger partial charge is 0.488 e. The van der Waals surface area contributed by atoms with E-state index in [0.29, 0.717) is 17.5 Å². The standard InChI is InChI=1S/C25H27F3N4O2/c1-2-15-6-8-17(9-7-15)32-14-16-12-21(22(13-20(16)31-32)34-18-10-11-18)30-24(33)19-4-3-5-23(29-19)25(26,27)28/h3-5,12-15,17-18H,2,6-11H2,1H3,(H,30,33). The van der Waals surface area contributed by atoms with Gasteiger partial charge in [-0.15, -0.1) is 0 Å². The zero-order valence-electron chi connectivity index (χ0n) is 18.9. The maximum Gasteiger partial charge on any atom is 0.433 e. The van der Waals surface area contributed by atoms with Crippen molar-refractivity contribution in [3.05, 3.63) is 47.9 Å². The molecule has 2 aliphatic carbocycles. The van der Waals surface area contributed by atoms with Crippen LogP contribution in [-0.2, 0) is 6.18 Å². The van der Waals surface area contributed by atoms with E-state index in [2.05, 4.69) is 17.2 Å². The maximum absolute atomic E-state index is 13.0. The van der Waals surface area contributed by atoms with Crippen LogP contribution in [0, 0.1) is 5.92 Å². The monoisotopic (exact) mass is 472 g/mol. The normalized spacial score (nSPS) is 20.9. The number of rotatable bonds is 6. The van der Waals surface area contributed by atoms with E-state index in [1.165, 1.54) is 31.4 Å². The van der Waals surface area contributed by atoms with E-state index in [9.17, 15) is 18.0 Å². The van der Waals surface area contributed by atoms with Crippen LogP contribution in [0.4, 0.5) is 18.9 Å². The Balaban J connectivity index is 1.42. The van der Waals surface area contributed by atoms with Crippen LogP contribution in [0.25, 0.3) is 10.9 Å². The molecule has 0 saturated heterocycles. The van der Waals surface area contributed by atoms with Crippen LogP contribution < -0.4 is 10.1 Å². The van der Waals surface area contributed by atoms with Gasteiger partial charge in [0.15, 0.2) is 0 Å². The lowest BCUT2D eigenvalue weighted by molar-refractivity contribution is -0.141. The smallest absolute Gasteiger partial charge is 0.433 e. The van der Waals surface area contributed by atoms with E-state index in [0.717, 1.165) is 48.6 Å². The molecule has 1 aromatic carbocycles. The minimum Gasteiger partial charge on any atom is -0.488 e. The SMILES string of the molecule is CCC1CCC(n2cc3cc(NC(=O)c4cccc(C(F)(F)F)n4)c(OC4CC4)cc3n2)CC1. The predicted octanol–water partition coefficient (Wildman–Crippen LogP) is 6.38. The van der Waals surface area contributed by atoms with Crippen molar-refractivity contribution in [1.82, 2.24) is 14.8 Å². The molecule has 2 aliphatic rings. The topological polar surface area (TPSA) is 69.0 Å². The summed E-state index contributed by atoms with van der Waals surface area (Å²) in [5.41, 5.74) is -0.249. The molecule has 0 aliphatic heterocycles. The number of carbonyl (C=O) groups excluding carboxylic acids is 1. The first kappa shape index (κ1) is 22.7. The number of benzene rings is 1. The molecular weight excluding hydrogens is 445 g/mol. The molecular formula is C25H27F3N4O2. The molecule has 0 spiro atoms. The molecule has 0 bridgehead atoms. The van der Waals surface area contributed by atoms with Crippen LogP contribution in [0.5, 0.6) is 5.75 Å². The fourth-order valence-electron chi connectivity index (χ4n) is 4.54. The van der Waals surface area contributed by atoms with Gasteiger partial charge in [-0.25, -0.2) is 4.98 Å². The Bertz CT molecular complexity index is 1190. The zero-order valence-corrected chi connectivity index (χ0v) is 18.9. The summed E-state index contributed by atoms with van der Waals surface area (Å²) in [5, 5.41) is 8.32. The Morgan fingerprint density at radius 2 is 1.91 bits per heavy atom. The first-order chi connectivity index (χ1) is 16.3. The average molecular weight is 473 g/mol. The van der Waals surface area contributed by atoms with E-state index in [1.54, 1.807) is 12.1 Å². The molecule has 2 heterocycles. The number of alkyl halides is 3. The van der Waals surface area contributed by atoms with Gasteiger partial charge in [0, 0.05) is 17.6 Å². The van der Waals surface area contributed by atoms with Crippen LogP contribution in [0.2, 0.25) is 0 Å². The summed E-state index contributed by atoms with van der Waals surface area (Å²) in [6.07, 6.45) is 5.05. The van der Waals surface area contributed by atoms with Crippen LogP contribution in [0.1, 0.15) is 74.1 Å². The number of anilines is 1. The minimum atomic E-state index is -4.62. The molecule has 2 fully saturated rings. The van der Waals surface area contributed by atoms with Gasteiger partial charge in [-0.2, -0.15) is 18.3 Å². The number of nitrogens with one attached hydrogen (secondary N) is 1. The van der Waals surface area contributed by atoms with Gasteiger partial charge in [-0.05, 0) is 62.6 Å². The molecule has 0 atom stereocenters. The van der Waals surface area contributed by atoms with E-state index in [4.69, 9.17) is 9.84 Å². The van der Waals surface area contributed by atoms with Crippen molar-refractivity contribution in [2.24, 2.45) is 5.92 Å². The van der Waals surface area contributed by atoms with Crippen molar-refractivity contribution in [3.63, 3.8) is 0 Å². The quantitative estimate of drug-likeness (QED) is 0.452. The number of ether oxygens (including phenoxy) is 1. The second kappa shape index (κ2) is 8.92. The first-order valence-corrected chi connectivity index (χ1v) is 11.9. The maximum atomic E-state index is 13.0. The summed E-state index contributed by atoms with van der Waals surface area (Å²) in [7, 11) is 0. The Morgan fingerprint density at radius 1 is 1.15 bits per heavy atom. The average Bonchev–Trinajstić information content (AvgIpc) is 3.55. The van der Waals surface area contributed by atoms with Gasteiger partial charge in [0.05, 0.1) is 23.3 Å². The van der Waals surface area contributed by atoms with Gasteiger partial charge in [-0.1, -0.05) is 19.4 Å². The molecule has 2 aromatic heterocycles. The molecule has 0 radical (unpaired) electrons. The molecule has 3 aromatic rings. The second-order valence-electron chi connectivity index (χ2n) is 9.28. The molecule has 1 N–H and O–H groups in total.